The van der Waals surface area contributed by atoms with Crippen LogP contribution in [-0.2, 0) is 0 Å². The second kappa shape index (κ2) is 5.69. The number of carboxylic acid groups (broad SMARTS) is 1. The summed E-state index contributed by atoms with van der Waals surface area (Å²) in [6, 6.07) is 6.77. The Morgan fingerprint density at radius 1 is 1.48 bits per heavy atom. The molecule has 0 bridgehead atoms. The predicted molar refractivity (Wildman–Crippen MR) is 77.2 cm³/mol. The van der Waals surface area contributed by atoms with Gasteiger partial charge in [0.2, 0.25) is 5.76 Å². The van der Waals surface area contributed by atoms with E-state index in [1.165, 1.54) is 6.07 Å². The van der Waals surface area contributed by atoms with Crippen LogP contribution in [0.4, 0.5) is 0 Å². The molecule has 1 fully saturated rings. The van der Waals surface area contributed by atoms with E-state index in [1.807, 2.05) is 11.8 Å². The Balaban J connectivity index is 2.00. The minimum Gasteiger partial charge on any atom is -0.493 e. The molecular weight excluding hydrogens is 294 g/mol. The molecule has 1 aromatic carbocycles. The van der Waals surface area contributed by atoms with Crippen LogP contribution in [0.1, 0.15) is 10.6 Å². The number of aromatic carboxylic acids is 1. The van der Waals surface area contributed by atoms with Gasteiger partial charge in [-0.2, -0.15) is 11.8 Å². The van der Waals surface area contributed by atoms with Gasteiger partial charge in [-0.25, -0.2) is 4.79 Å². The number of nitrogens with zero attached hydrogens (tertiary/aromatic N) is 1. The Morgan fingerprint density at radius 2 is 2.29 bits per heavy atom. The van der Waals surface area contributed by atoms with Gasteiger partial charge in [0.1, 0.15) is 11.8 Å². The summed E-state index contributed by atoms with van der Waals surface area (Å²) in [5.74, 6) is 1.64. The molecule has 0 saturated carbocycles. The fourth-order valence-electron chi connectivity index (χ4n) is 1.95. The van der Waals surface area contributed by atoms with E-state index in [0.29, 0.717) is 22.8 Å². The van der Waals surface area contributed by atoms with Gasteiger partial charge in [0.25, 0.3) is 0 Å². The highest BCUT2D eigenvalue weighted by atomic mass is 32.2. The number of hydrogen-bond donors (Lipinski definition) is 1. The largest absolute Gasteiger partial charge is 0.493 e. The summed E-state index contributed by atoms with van der Waals surface area (Å²) in [7, 11) is 1.56. The van der Waals surface area contributed by atoms with Crippen molar-refractivity contribution in [2.24, 2.45) is 0 Å². The van der Waals surface area contributed by atoms with Gasteiger partial charge in [-0.1, -0.05) is 11.2 Å². The fraction of sp³-hybridized carbons (Fsp3) is 0.286. The van der Waals surface area contributed by atoms with Crippen LogP contribution < -0.4 is 9.47 Å². The molecule has 0 radical (unpaired) electrons. The van der Waals surface area contributed by atoms with Crippen LogP contribution in [0.2, 0.25) is 0 Å². The fourth-order valence-corrected chi connectivity index (χ4v) is 2.52. The summed E-state index contributed by atoms with van der Waals surface area (Å²) in [4.78, 5) is 10.9. The Hall–Kier alpha value is -2.15. The van der Waals surface area contributed by atoms with Crippen LogP contribution in [-0.4, -0.2) is 41.0 Å². The molecule has 0 unspecified atom stereocenters. The maximum absolute atomic E-state index is 10.9. The molecule has 1 aromatic heterocycles. The number of benzene rings is 1. The Kier molecular flexibility index (Phi) is 3.74. The van der Waals surface area contributed by atoms with E-state index < -0.39 is 5.97 Å². The molecule has 1 N–H and O–H groups in total. The molecule has 110 valence electrons. The Labute approximate surface area is 125 Å². The van der Waals surface area contributed by atoms with Gasteiger partial charge in [-0.15, -0.1) is 0 Å². The van der Waals surface area contributed by atoms with Crippen LogP contribution in [0, 0.1) is 0 Å². The second-order valence-electron chi connectivity index (χ2n) is 4.50. The van der Waals surface area contributed by atoms with Gasteiger partial charge in [0.05, 0.1) is 7.11 Å². The molecular formula is C14H13NO5S. The molecule has 7 heteroatoms. The van der Waals surface area contributed by atoms with Gasteiger partial charge >= 0.3 is 5.97 Å². The van der Waals surface area contributed by atoms with E-state index in [1.54, 1.807) is 25.3 Å². The molecule has 0 aliphatic carbocycles. The smallest absolute Gasteiger partial charge is 0.374 e. The number of ether oxygens (including phenoxy) is 2. The van der Waals surface area contributed by atoms with E-state index in [4.69, 9.17) is 19.1 Å². The lowest BCUT2D eigenvalue weighted by atomic mass is 10.1. The summed E-state index contributed by atoms with van der Waals surface area (Å²) < 4.78 is 16.1. The molecule has 3 rings (SSSR count). The van der Waals surface area contributed by atoms with Crippen molar-refractivity contribution >= 4 is 17.7 Å². The zero-order chi connectivity index (χ0) is 14.8. The lowest BCUT2D eigenvalue weighted by Gasteiger charge is -2.27. The van der Waals surface area contributed by atoms with Crippen molar-refractivity contribution in [3.05, 3.63) is 30.0 Å². The number of methoxy groups -OCH3 is 1. The minimum absolute atomic E-state index is 0.135. The number of thioether (sulfide) groups is 1. The summed E-state index contributed by atoms with van der Waals surface area (Å²) in [6.07, 6.45) is 0.135. The lowest BCUT2D eigenvalue weighted by molar-refractivity contribution is 0.0652. The number of rotatable bonds is 5. The SMILES string of the molecule is COc1cccc(-c2cc(C(=O)O)on2)c1OC1CSC1. The average Bonchev–Trinajstić information content (AvgIpc) is 2.92. The number of carbonyl (C=O) groups is 1. The van der Waals surface area contributed by atoms with Gasteiger partial charge in [-0.3, -0.25) is 0 Å². The van der Waals surface area contributed by atoms with Crippen LogP contribution in [0.25, 0.3) is 11.3 Å². The quantitative estimate of drug-likeness (QED) is 0.909. The third-order valence-electron chi connectivity index (χ3n) is 3.09. The van der Waals surface area contributed by atoms with Crippen molar-refractivity contribution in [2.75, 3.05) is 18.6 Å². The van der Waals surface area contributed by atoms with Gasteiger partial charge in [0.15, 0.2) is 11.5 Å². The highest BCUT2D eigenvalue weighted by molar-refractivity contribution is 8.00. The monoisotopic (exact) mass is 307 g/mol. The first kappa shape index (κ1) is 13.8. The van der Waals surface area contributed by atoms with Gasteiger partial charge in [-0.05, 0) is 12.1 Å². The maximum Gasteiger partial charge on any atom is 0.374 e. The molecule has 0 atom stereocenters. The van der Waals surface area contributed by atoms with Crippen LogP contribution in [0.15, 0.2) is 28.8 Å². The van der Waals surface area contributed by atoms with E-state index in [2.05, 4.69) is 5.16 Å². The molecule has 1 saturated heterocycles. The summed E-state index contributed by atoms with van der Waals surface area (Å²) in [5, 5.41) is 12.7. The first-order valence-electron chi connectivity index (χ1n) is 6.31. The molecule has 0 spiro atoms. The van der Waals surface area contributed by atoms with E-state index >= 15 is 0 Å². The molecule has 2 heterocycles. The predicted octanol–water partition coefficient (Wildman–Crippen LogP) is 2.54. The highest BCUT2D eigenvalue weighted by Crippen LogP contribution is 2.40. The summed E-state index contributed by atoms with van der Waals surface area (Å²) >= 11 is 1.81. The third kappa shape index (κ3) is 2.69. The molecule has 0 amide bonds. The van der Waals surface area contributed by atoms with Crippen molar-refractivity contribution in [2.45, 2.75) is 6.10 Å². The summed E-state index contributed by atoms with van der Waals surface area (Å²) in [6.45, 7) is 0. The second-order valence-corrected chi connectivity index (χ2v) is 5.57. The van der Waals surface area contributed by atoms with Crippen LogP contribution in [0.3, 0.4) is 0 Å². The standard InChI is InChI=1S/C14H13NO5S/c1-18-11-4-2-3-9(13(11)19-8-6-21-7-8)10-5-12(14(16)17)20-15-10/h2-5,8H,6-7H2,1H3,(H,16,17). The molecule has 1 aliphatic heterocycles. The zero-order valence-corrected chi connectivity index (χ0v) is 12.1. The van der Waals surface area contributed by atoms with Crippen molar-refractivity contribution < 1.29 is 23.9 Å². The molecule has 21 heavy (non-hydrogen) atoms. The molecule has 2 aromatic rings. The minimum atomic E-state index is -1.16. The first-order chi connectivity index (χ1) is 10.2. The van der Waals surface area contributed by atoms with Crippen LogP contribution >= 0.6 is 11.8 Å². The lowest BCUT2D eigenvalue weighted by Crippen LogP contribution is -2.31. The molecule has 6 nitrogen and oxygen atoms in total. The maximum atomic E-state index is 10.9. The number of para-hydroxylation sites is 1. The normalized spacial score (nSPS) is 14.5. The molecule has 1 aliphatic rings. The van der Waals surface area contributed by atoms with Crippen LogP contribution in [0.5, 0.6) is 11.5 Å². The Bertz CT molecular complexity index is 665. The van der Waals surface area contributed by atoms with E-state index in [0.717, 1.165) is 11.5 Å². The van der Waals surface area contributed by atoms with E-state index in [9.17, 15) is 4.79 Å². The first-order valence-corrected chi connectivity index (χ1v) is 7.46. The van der Waals surface area contributed by atoms with Crippen molar-refractivity contribution in [1.29, 1.82) is 0 Å². The summed E-state index contributed by atoms with van der Waals surface area (Å²) in [5.41, 5.74) is 1.07. The average molecular weight is 307 g/mol. The Morgan fingerprint density at radius 3 is 2.86 bits per heavy atom. The highest BCUT2D eigenvalue weighted by Gasteiger charge is 2.25. The van der Waals surface area contributed by atoms with Crippen molar-refractivity contribution in [3.8, 4) is 22.8 Å². The van der Waals surface area contributed by atoms with Gasteiger partial charge in [0, 0.05) is 23.1 Å². The van der Waals surface area contributed by atoms with E-state index in [-0.39, 0.29) is 11.9 Å². The zero-order valence-electron chi connectivity index (χ0n) is 11.2. The van der Waals surface area contributed by atoms with Crippen molar-refractivity contribution in [3.63, 3.8) is 0 Å². The van der Waals surface area contributed by atoms with Gasteiger partial charge < -0.3 is 19.1 Å². The third-order valence-corrected chi connectivity index (χ3v) is 4.30. The van der Waals surface area contributed by atoms with Crippen molar-refractivity contribution in [1.82, 2.24) is 5.16 Å². The number of aromatic nitrogens is 1. The number of hydrogen-bond acceptors (Lipinski definition) is 6. The topological polar surface area (TPSA) is 81.8 Å². The number of carboxylic acids is 1.